The normalized spacial score (nSPS) is 16.0. The number of H-pyrrole nitrogens is 1. The number of aromatic amines is 1. The van der Waals surface area contributed by atoms with E-state index in [1.165, 1.54) is 5.56 Å². The molecule has 0 spiro atoms. The highest BCUT2D eigenvalue weighted by Gasteiger charge is 2.23. The maximum Gasteiger partial charge on any atom is 0.237 e. The van der Waals surface area contributed by atoms with Gasteiger partial charge in [0.05, 0.1) is 5.25 Å². The number of carbonyl (C=O) groups excluding carboxylic acids is 2. The number of amides is 2. The van der Waals surface area contributed by atoms with Gasteiger partial charge in [-0.1, -0.05) is 29.8 Å². The van der Waals surface area contributed by atoms with Gasteiger partial charge in [0.25, 0.3) is 0 Å². The molecule has 0 radical (unpaired) electrons. The van der Waals surface area contributed by atoms with Crippen molar-refractivity contribution in [1.29, 1.82) is 0 Å². The van der Waals surface area contributed by atoms with Crippen LogP contribution in [0.5, 0.6) is 0 Å². The molecular formula is C23H24ClN3O2S. The van der Waals surface area contributed by atoms with Crippen LogP contribution >= 0.6 is 23.4 Å². The van der Waals surface area contributed by atoms with E-state index in [0.29, 0.717) is 23.7 Å². The molecule has 2 heterocycles. The zero-order chi connectivity index (χ0) is 20.9. The van der Waals surface area contributed by atoms with Crippen LogP contribution in [0.2, 0.25) is 5.02 Å². The summed E-state index contributed by atoms with van der Waals surface area (Å²) in [6.07, 6.45) is 4.76. The van der Waals surface area contributed by atoms with Gasteiger partial charge in [-0.3, -0.25) is 9.59 Å². The van der Waals surface area contributed by atoms with E-state index in [9.17, 15) is 9.59 Å². The molecule has 2 aromatic carbocycles. The summed E-state index contributed by atoms with van der Waals surface area (Å²) in [5, 5.41) is 7.65. The minimum Gasteiger partial charge on any atom is -0.361 e. The van der Waals surface area contributed by atoms with Crippen LogP contribution in [-0.4, -0.2) is 34.3 Å². The lowest BCUT2D eigenvalue weighted by Crippen LogP contribution is -2.27. The number of fused-ring (bicyclic) bond motifs is 2. The van der Waals surface area contributed by atoms with Crippen molar-refractivity contribution in [2.75, 3.05) is 17.6 Å². The highest BCUT2D eigenvalue weighted by atomic mass is 35.5. The fourth-order valence-corrected chi connectivity index (χ4v) is 4.98. The first-order valence-electron chi connectivity index (χ1n) is 10.1. The molecule has 2 amide bonds. The second-order valence-corrected chi connectivity index (χ2v) is 9.15. The number of thioether (sulfide) groups is 1. The Labute approximate surface area is 185 Å². The number of aromatic nitrogens is 1. The van der Waals surface area contributed by atoms with E-state index in [1.807, 2.05) is 42.6 Å². The van der Waals surface area contributed by atoms with Gasteiger partial charge in [0.2, 0.25) is 11.8 Å². The first-order chi connectivity index (χ1) is 14.6. The first-order valence-corrected chi connectivity index (χ1v) is 11.6. The number of nitrogens with one attached hydrogen (secondary N) is 3. The third-order valence-corrected chi connectivity index (χ3v) is 6.86. The molecule has 4 rings (SSSR count). The standard InChI is InChI=1S/C23H24ClN3O2S/c24-17-6-7-20-18(13-17)16(14-26-20)9-11-25-22(28)10-12-30-21-8-5-15-3-1-2-4-19(15)27-23(21)29/h1-4,6-7,13-14,21,26H,5,8-12H2,(H,25,28)(H,27,29)/t21-/m0/s1. The van der Waals surface area contributed by atoms with Gasteiger partial charge in [0.15, 0.2) is 0 Å². The molecule has 30 heavy (non-hydrogen) atoms. The summed E-state index contributed by atoms with van der Waals surface area (Å²) in [7, 11) is 0. The van der Waals surface area contributed by atoms with Gasteiger partial charge in [-0.15, -0.1) is 11.8 Å². The minimum atomic E-state index is -0.124. The Morgan fingerprint density at radius 2 is 2.10 bits per heavy atom. The number of hydrogen-bond acceptors (Lipinski definition) is 3. The topological polar surface area (TPSA) is 74.0 Å². The van der Waals surface area contributed by atoms with Crippen LogP contribution in [0.3, 0.4) is 0 Å². The lowest BCUT2D eigenvalue weighted by Gasteiger charge is -2.12. The van der Waals surface area contributed by atoms with Crippen molar-refractivity contribution >= 4 is 51.8 Å². The summed E-state index contributed by atoms with van der Waals surface area (Å²) in [5.74, 6) is 0.671. The van der Waals surface area contributed by atoms with E-state index in [-0.39, 0.29) is 17.1 Å². The number of halogens is 1. The van der Waals surface area contributed by atoms with Crippen LogP contribution in [-0.2, 0) is 22.4 Å². The van der Waals surface area contributed by atoms with Crippen LogP contribution in [0.25, 0.3) is 10.9 Å². The Balaban J connectivity index is 1.20. The van der Waals surface area contributed by atoms with Gasteiger partial charge in [-0.05, 0) is 54.7 Å². The van der Waals surface area contributed by atoms with Gasteiger partial charge < -0.3 is 15.6 Å². The molecule has 0 unspecified atom stereocenters. The molecule has 0 fully saturated rings. The van der Waals surface area contributed by atoms with Crippen molar-refractivity contribution in [3.8, 4) is 0 Å². The van der Waals surface area contributed by atoms with Gasteiger partial charge in [-0.25, -0.2) is 0 Å². The molecule has 1 aliphatic rings. The summed E-state index contributed by atoms with van der Waals surface area (Å²) in [6, 6.07) is 13.7. The zero-order valence-electron chi connectivity index (χ0n) is 16.5. The average Bonchev–Trinajstić information content (AvgIpc) is 3.05. The molecule has 0 aliphatic carbocycles. The molecule has 0 saturated heterocycles. The van der Waals surface area contributed by atoms with Crippen LogP contribution in [0.4, 0.5) is 5.69 Å². The predicted octanol–water partition coefficient (Wildman–Crippen LogP) is 4.56. The predicted molar refractivity (Wildman–Crippen MR) is 124 cm³/mol. The van der Waals surface area contributed by atoms with Crippen molar-refractivity contribution < 1.29 is 9.59 Å². The second-order valence-electron chi connectivity index (χ2n) is 7.40. The maximum absolute atomic E-state index is 12.4. The highest BCUT2D eigenvalue weighted by molar-refractivity contribution is 8.00. The largest absolute Gasteiger partial charge is 0.361 e. The van der Waals surface area contributed by atoms with Crippen molar-refractivity contribution in [3.05, 3.63) is 64.8 Å². The summed E-state index contributed by atoms with van der Waals surface area (Å²) in [6.45, 7) is 0.572. The number of anilines is 1. The minimum absolute atomic E-state index is 0.0117. The molecule has 3 N–H and O–H groups in total. The zero-order valence-corrected chi connectivity index (χ0v) is 18.1. The van der Waals surface area contributed by atoms with E-state index in [2.05, 4.69) is 21.7 Å². The Hall–Kier alpha value is -2.44. The molecule has 1 aliphatic heterocycles. The van der Waals surface area contributed by atoms with E-state index >= 15 is 0 Å². The molecule has 0 bridgehead atoms. The van der Waals surface area contributed by atoms with E-state index in [1.54, 1.807) is 11.8 Å². The summed E-state index contributed by atoms with van der Waals surface area (Å²) in [5.41, 5.74) is 4.25. The van der Waals surface area contributed by atoms with Gasteiger partial charge in [0, 0.05) is 46.5 Å². The van der Waals surface area contributed by atoms with E-state index in [0.717, 1.165) is 41.4 Å². The van der Waals surface area contributed by atoms with Gasteiger partial charge >= 0.3 is 0 Å². The number of rotatable bonds is 7. The van der Waals surface area contributed by atoms with Crippen molar-refractivity contribution in [2.24, 2.45) is 0 Å². The summed E-state index contributed by atoms with van der Waals surface area (Å²) >= 11 is 7.65. The third kappa shape index (κ3) is 4.99. The van der Waals surface area contributed by atoms with Gasteiger partial charge in [0.1, 0.15) is 0 Å². The molecule has 0 saturated carbocycles. The monoisotopic (exact) mass is 441 g/mol. The lowest BCUT2D eigenvalue weighted by atomic mass is 10.1. The van der Waals surface area contributed by atoms with Gasteiger partial charge in [-0.2, -0.15) is 0 Å². The Kier molecular flexibility index (Phi) is 6.65. The lowest BCUT2D eigenvalue weighted by molar-refractivity contribution is -0.120. The van der Waals surface area contributed by atoms with Crippen molar-refractivity contribution in [2.45, 2.75) is 30.9 Å². The average molecular weight is 442 g/mol. The molecule has 3 aromatic rings. The van der Waals surface area contributed by atoms with Crippen LogP contribution in [0, 0.1) is 0 Å². The first kappa shape index (κ1) is 20.8. The van der Waals surface area contributed by atoms with E-state index in [4.69, 9.17) is 11.6 Å². The maximum atomic E-state index is 12.4. The fraction of sp³-hybridized carbons (Fsp3) is 0.304. The Morgan fingerprint density at radius 3 is 3.00 bits per heavy atom. The molecule has 5 nitrogen and oxygen atoms in total. The quantitative estimate of drug-likeness (QED) is 0.503. The van der Waals surface area contributed by atoms with Crippen LogP contribution in [0.15, 0.2) is 48.7 Å². The van der Waals surface area contributed by atoms with Crippen LogP contribution in [0.1, 0.15) is 24.0 Å². The molecule has 1 aromatic heterocycles. The van der Waals surface area contributed by atoms with Crippen molar-refractivity contribution in [1.82, 2.24) is 10.3 Å². The Bertz CT molecular complexity index is 1070. The van der Waals surface area contributed by atoms with Crippen LogP contribution < -0.4 is 10.6 Å². The summed E-state index contributed by atoms with van der Waals surface area (Å²) < 4.78 is 0. The highest BCUT2D eigenvalue weighted by Crippen LogP contribution is 2.27. The Morgan fingerprint density at radius 1 is 1.23 bits per heavy atom. The molecular weight excluding hydrogens is 418 g/mol. The third-order valence-electron chi connectivity index (χ3n) is 5.34. The number of hydrogen-bond donors (Lipinski definition) is 3. The molecule has 1 atom stereocenters. The summed E-state index contributed by atoms with van der Waals surface area (Å²) in [4.78, 5) is 27.9. The fourth-order valence-electron chi connectivity index (χ4n) is 3.73. The number of benzene rings is 2. The second kappa shape index (κ2) is 9.58. The smallest absolute Gasteiger partial charge is 0.237 e. The molecule has 7 heteroatoms. The van der Waals surface area contributed by atoms with E-state index < -0.39 is 0 Å². The number of carbonyl (C=O) groups is 2. The SMILES string of the molecule is O=C(CCS[C@H]1CCc2ccccc2NC1=O)NCCc1c[nH]c2ccc(Cl)cc12. The molecule has 156 valence electrons. The van der Waals surface area contributed by atoms with Crippen molar-refractivity contribution in [3.63, 3.8) is 0 Å². The number of para-hydroxylation sites is 1. The number of aryl methyl sites for hydroxylation is 1.